The molecule has 0 rings (SSSR count). The highest BCUT2D eigenvalue weighted by molar-refractivity contribution is 5.69. The number of ether oxygens (including phenoxy) is 2. The van der Waals surface area contributed by atoms with Crippen LogP contribution in [-0.2, 0) is 14.3 Å². The average Bonchev–Trinajstić information content (AvgIpc) is 2.54. The highest BCUT2D eigenvalue weighted by Gasteiger charge is 1.98. The fourth-order valence-corrected chi connectivity index (χ4v) is 2.09. The van der Waals surface area contributed by atoms with Crippen molar-refractivity contribution >= 4 is 5.97 Å². The molecule has 0 aliphatic rings. The summed E-state index contributed by atoms with van der Waals surface area (Å²) in [6.07, 6.45) is 14.4. The number of rotatable bonds is 15. The van der Waals surface area contributed by atoms with E-state index in [4.69, 9.17) is 9.47 Å². The topological polar surface area (TPSA) is 35.5 Å². The molecule has 0 amide bonds. The summed E-state index contributed by atoms with van der Waals surface area (Å²) in [5.74, 6) is -0.0593. The molecule has 0 unspecified atom stereocenters. The molecule has 0 spiro atoms. The van der Waals surface area contributed by atoms with Crippen molar-refractivity contribution in [3.63, 3.8) is 0 Å². The number of carbonyl (C=O) groups is 1. The Balaban J connectivity index is 0. The van der Waals surface area contributed by atoms with E-state index < -0.39 is 0 Å². The van der Waals surface area contributed by atoms with Crippen LogP contribution in [0.25, 0.3) is 0 Å². The van der Waals surface area contributed by atoms with E-state index >= 15 is 0 Å². The van der Waals surface area contributed by atoms with Gasteiger partial charge < -0.3 is 9.47 Å². The van der Waals surface area contributed by atoms with Crippen LogP contribution in [0, 0.1) is 0 Å². The molecule has 140 valence electrons. The van der Waals surface area contributed by atoms with Gasteiger partial charge in [-0.25, -0.2) is 0 Å². The van der Waals surface area contributed by atoms with Gasteiger partial charge >= 0.3 is 5.97 Å². The van der Waals surface area contributed by atoms with Gasteiger partial charge in [0.15, 0.2) is 0 Å². The molecule has 3 heteroatoms. The predicted molar refractivity (Wildman–Crippen MR) is 99.9 cm³/mol. The van der Waals surface area contributed by atoms with Crippen LogP contribution in [-0.4, -0.2) is 25.8 Å². The van der Waals surface area contributed by atoms with E-state index in [2.05, 4.69) is 20.8 Å². The van der Waals surface area contributed by atoms with Gasteiger partial charge in [0.25, 0.3) is 0 Å². The minimum absolute atomic E-state index is 0.0593. The zero-order valence-corrected chi connectivity index (χ0v) is 16.3. The molecule has 0 heterocycles. The first-order valence-corrected chi connectivity index (χ1v) is 9.96. The standard InChI is InChI=1S/C12H26O.C8H16O2/c1-3-5-7-8-9-10-12-13-11-6-4-2;1-3-5-6-7-8(9)10-4-2/h3-12H2,1-2H3;3-7H2,1-2H3. The van der Waals surface area contributed by atoms with Crippen LogP contribution in [0.15, 0.2) is 0 Å². The highest BCUT2D eigenvalue weighted by atomic mass is 16.5. The molecule has 0 aromatic rings. The lowest BCUT2D eigenvalue weighted by Gasteiger charge is -2.02. The van der Waals surface area contributed by atoms with E-state index in [1.165, 1.54) is 51.4 Å². The summed E-state index contributed by atoms with van der Waals surface area (Å²) < 4.78 is 10.2. The summed E-state index contributed by atoms with van der Waals surface area (Å²) in [5.41, 5.74) is 0. The number of hydrogen-bond donors (Lipinski definition) is 0. The molecule has 3 nitrogen and oxygen atoms in total. The Morgan fingerprint density at radius 1 is 0.652 bits per heavy atom. The molecule has 0 atom stereocenters. The second kappa shape index (κ2) is 23.7. The van der Waals surface area contributed by atoms with Gasteiger partial charge in [0.2, 0.25) is 0 Å². The van der Waals surface area contributed by atoms with Crippen molar-refractivity contribution in [2.24, 2.45) is 0 Å². The molecule has 0 N–H and O–H groups in total. The second-order valence-corrected chi connectivity index (χ2v) is 6.00. The van der Waals surface area contributed by atoms with Gasteiger partial charge in [0, 0.05) is 19.6 Å². The summed E-state index contributed by atoms with van der Waals surface area (Å²) >= 11 is 0. The molecule has 0 aromatic carbocycles. The maximum absolute atomic E-state index is 10.7. The largest absolute Gasteiger partial charge is 0.466 e. The molecule has 0 saturated heterocycles. The van der Waals surface area contributed by atoms with Crippen LogP contribution in [0.4, 0.5) is 0 Å². The van der Waals surface area contributed by atoms with Crippen LogP contribution in [0.5, 0.6) is 0 Å². The van der Waals surface area contributed by atoms with Crippen LogP contribution in [0.3, 0.4) is 0 Å². The first kappa shape index (κ1) is 24.7. The number of unbranched alkanes of at least 4 members (excludes halogenated alkanes) is 8. The fraction of sp³-hybridized carbons (Fsp3) is 0.950. The Labute approximate surface area is 145 Å². The first-order valence-electron chi connectivity index (χ1n) is 9.96. The van der Waals surface area contributed by atoms with Crippen LogP contribution in [0.1, 0.15) is 105 Å². The van der Waals surface area contributed by atoms with Gasteiger partial charge in [-0.15, -0.1) is 0 Å². The molecule has 0 bridgehead atoms. The molecule has 0 fully saturated rings. The van der Waals surface area contributed by atoms with Gasteiger partial charge in [-0.2, -0.15) is 0 Å². The smallest absolute Gasteiger partial charge is 0.305 e. The molecular weight excluding hydrogens is 288 g/mol. The molecular formula is C20H42O3. The van der Waals surface area contributed by atoms with E-state index in [-0.39, 0.29) is 5.97 Å². The summed E-state index contributed by atoms with van der Waals surface area (Å²) in [6, 6.07) is 0. The molecule has 0 aromatic heterocycles. The van der Waals surface area contributed by atoms with Crippen molar-refractivity contribution < 1.29 is 14.3 Å². The molecule has 0 saturated carbocycles. The van der Waals surface area contributed by atoms with Crippen LogP contribution >= 0.6 is 0 Å². The van der Waals surface area contributed by atoms with Crippen LogP contribution < -0.4 is 0 Å². The van der Waals surface area contributed by atoms with E-state index in [0.717, 1.165) is 32.5 Å². The summed E-state index contributed by atoms with van der Waals surface area (Å²) in [7, 11) is 0. The van der Waals surface area contributed by atoms with Crippen molar-refractivity contribution in [1.29, 1.82) is 0 Å². The van der Waals surface area contributed by atoms with E-state index in [1.807, 2.05) is 6.92 Å². The molecule has 0 aliphatic heterocycles. The van der Waals surface area contributed by atoms with Gasteiger partial charge in [-0.3, -0.25) is 4.79 Å². The monoisotopic (exact) mass is 330 g/mol. The zero-order chi connectivity index (χ0) is 17.6. The van der Waals surface area contributed by atoms with Crippen molar-refractivity contribution in [2.45, 2.75) is 105 Å². The maximum Gasteiger partial charge on any atom is 0.305 e. The third-order valence-corrected chi connectivity index (χ3v) is 3.57. The van der Waals surface area contributed by atoms with Gasteiger partial charge in [-0.05, 0) is 26.2 Å². The Kier molecular flexibility index (Phi) is 25.4. The quantitative estimate of drug-likeness (QED) is 0.261. The predicted octanol–water partition coefficient (Wildman–Crippen LogP) is 6.29. The lowest BCUT2D eigenvalue weighted by molar-refractivity contribution is -0.143. The average molecular weight is 331 g/mol. The zero-order valence-electron chi connectivity index (χ0n) is 16.3. The normalized spacial score (nSPS) is 10.1. The second-order valence-electron chi connectivity index (χ2n) is 6.00. The third kappa shape index (κ3) is 26.6. The minimum atomic E-state index is -0.0593. The Hall–Kier alpha value is -0.570. The summed E-state index contributed by atoms with van der Waals surface area (Å²) in [6.45, 7) is 10.9. The number of hydrogen-bond acceptors (Lipinski definition) is 3. The lowest BCUT2D eigenvalue weighted by atomic mass is 10.1. The van der Waals surface area contributed by atoms with Gasteiger partial charge in [0.1, 0.15) is 0 Å². The first-order chi connectivity index (χ1) is 11.2. The van der Waals surface area contributed by atoms with Crippen LogP contribution in [0.2, 0.25) is 0 Å². The van der Waals surface area contributed by atoms with Gasteiger partial charge in [-0.1, -0.05) is 72.1 Å². The molecule has 0 aliphatic carbocycles. The molecule has 0 radical (unpaired) electrons. The Morgan fingerprint density at radius 2 is 1.17 bits per heavy atom. The third-order valence-electron chi connectivity index (χ3n) is 3.57. The minimum Gasteiger partial charge on any atom is -0.466 e. The molecule has 23 heavy (non-hydrogen) atoms. The summed E-state index contributed by atoms with van der Waals surface area (Å²) in [5, 5.41) is 0. The lowest BCUT2D eigenvalue weighted by Crippen LogP contribution is -2.02. The van der Waals surface area contributed by atoms with E-state index in [1.54, 1.807) is 0 Å². The number of carbonyl (C=O) groups excluding carboxylic acids is 1. The van der Waals surface area contributed by atoms with Crippen molar-refractivity contribution in [3.05, 3.63) is 0 Å². The highest BCUT2D eigenvalue weighted by Crippen LogP contribution is 2.05. The van der Waals surface area contributed by atoms with E-state index in [9.17, 15) is 4.79 Å². The Morgan fingerprint density at radius 3 is 1.78 bits per heavy atom. The number of esters is 1. The van der Waals surface area contributed by atoms with Crippen molar-refractivity contribution in [2.75, 3.05) is 19.8 Å². The van der Waals surface area contributed by atoms with Crippen molar-refractivity contribution in [1.82, 2.24) is 0 Å². The van der Waals surface area contributed by atoms with Crippen molar-refractivity contribution in [3.8, 4) is 0 Å². The van der Waals surface area contributed by atoms with E-state index in [0.29, 0.717) is 13.0 Å². The SMILES string of the molecule is CCCCCC(=O)OCC.CCCCCCCCOCCCC. The fourth-order valence-electron chi connectivity index (χ4n) is 2.09. The maximum atomic E-state index is 10.7. The van der Waals surface area contributed by atoms with Gasteiger partial charge in [0.05, 0.1) is 6.61 Å². The Bertz CT molecular complexity index is 207. The summed E-state index contributed by atoms with van der Waals surface area (Å²) in [4.78, 5) is 10.7.